The van der Waals surface area contributed by atoms with Gasteiger partial charge in [0, 0.05) is 22.8 Å². The number of thiophene rings is 1. The van der Waals surface area contributed by atoms with Crippen LogP contribution in [0.2, 0.25) is 0 Å². The smallest absolute Gasteiger partial charge is 0.108 e. The lowest BCUT2D eigenvalue weighted by Gasteiger charge is -2.15. The average Bonchev–Trinajstić information content (AvgIpc) is 3.03. The van der Waals surface area contributed by atoms with Gasteiger partial charge in [0.15, 0.2) is 0 Å². The fraction of sp³-hybridized carbons (Fsp3) is 0.353. The van der Waals surface area contributed by atoms with E-state index in [9.17, 15) is 0 Å². The second kappa shape index (κ2) is 5.87. The molecule has 21 heavy (non-hydrogen) atoms. The number of rotatable bonds is 4. The Morgan fingerprint density at radius 2 is 1.81 bits per heavy atom. The summed E-state index contributed by atoms with van der Waals surface area (Å²) in [5.74, 6) is 0. The van der Waals surface area contributed by atoms with Crippen LogP contribution in [0, 0.1) is 0 Å². The number of para-hydroxylation sites is 1. The zero-order chi connectivity index (χ0) is 14.9. The van der Waals surface area contributed by atoms with E-state index in [1.54, 1.807) is 11.3 Å². The molecule has 0 fully saturated rings. The van der Waals surface area contributed by atoms with Crippen molar-refractivity contribution >= 4 is 32.9 Å². The lowest BCUT2D eigenvalue weighted by molar-refractivity contribution is 0.604. The van der Waals surface area contributed by atoms with Crippen molar-refractivity contribution in [2.75, 3.05) is 0 Å². The van der Waals surface area contributed by atoms with E-state index < -0.39 is 0 Å². The third-order valence-electron chi connectivity index (χ3n) is 3.31. The second-order valence-electron chi connectivity index (χ2n) is 6.19. The predicted octanol–water partition coefficient (Wildman–Crippen LogP) is 4.95. The first-order valence-corrected chi connectivity index (χ1v) is 8.80. The van der Waals surface area contributed by atoms with E-state index in [0.717, 1.165) is 23.6 Å². The van der Waals surface area contributed by atoms with Crippen molar-refractivity contribution in [3.8, 4) is 0 Å². The van der Waals surface area contributed by atoms with Crippen molar-refractivity contribution in [3.05, 3.63) is 51.2 Å². The van der Waals surface area contributed by atoms with Gasteiger partial charge in [-0.1, -0.05) is 32.9 Å². The van der Waals surface area contributed by atoms with Crippen molar-refractivity contribution in [1.82, 2.24) is 10.3 Å². The number of nitrogens with one attached hydrogen (secondary N) is 1. The van der Waals surface area contributed by atoms with E-state index in [2.05, 4.69) is 61.4 Å². The average molecular weight is 316 g/mol. The van der Waals surface area contributed by atoms with Crippen LogP contribution in [0.1, 0.15) is 35.5 Å². The van der Waals surface area contributed by atoms with Gasteiger partial charge in [-0.3, -0.25) is 0 Å². The summed E-state index contributed by atoms with van der Waals surface area (Å²) >= 11 is 3.67. The van der Waals surface area contributed by atoms with Crippen molar-refractivity contribution < 1.29 is 0 Å². The molecule has 0 aliphatic carbocycles. The molecule has 0 saturated carbocycles. The third kappa shape index (κ3) is 3.51. The minimum Gasteiger partial charge on any atom is -0.306 e. The van der Waals surface area contributed by atoms with Crippen LogP contribution in [0.4, 0.5) is 0 Å². The molecule has 1 N–H and O–H groups in total. The van der Waals surface area contributed by atoms with Crippen molar-refractivity contribution in [1.29, 1.82) is 0 Å². The molecule has 0 spiro atoms. The lowest BCUT2D eigenvalue weighted by Crippen LogP contribution is -2.11. The second-order valence-corrected chi connectivity index (χ2v) is 8.48. The van der Waals surface area contributed by atoms with Crippen LogP contribution in [0.15, 0.2) is 36.4 Å². The summed E-state index contributed by atoms with van der Waals surface area (Å²) in [7, 11) is 0. The van der Waals surface area contributed by atoms with Crippen molar-refractivity contribution in [2.24, 2.45) is 0 Å². The highest BCUT2D eigenvalue weighted by molar-refractivity contribution is 7.18. The van der Waals surface area contributed by atoms with Gasteiger partial charge in [0.2, 0.25) is 0 Å². The fourth-order valence-electron chi connectivity index (χ4n) is 2.16. The van der Waals surface area contributed by atoms with Crippen LogP contribution in [0.3, 0.4) is 0 Å². The molecule has 0 atom stereocenters. The van der Waals surface area contributed by atoms with E-state index >= 15 is 0 Å². The Labute approximate surface area is 133 Å². The van der Waals surface area contributed by atoms with Gasteiger partial charge in [-0.05, 0) is 29.7 Å². The number of nitrogens with zero attached hydrogens (tertiary/aromatic N) is 1. The van der Waals surface area contributed by atoms with E-state index in [1.807, 2.05) is 17.4 Å². The Hall–Kier alpha value is -1.23. The molecule has 0 amide bonds. The Bertz CT molecular complexity index is 701. The number of aromatic nitrogens is 1. The van der Waals surface area contributed by atoms with E-state index in [4.69, 9.17) is 0 Å². The van der Waals surface area contributed by atoms with Crippen molar-refractivity contribution in [2.45, 2.75) is 39.3 Å². The van der Waals surface area contributed by atoms with Crippen LogP contribution in [-0.4, -0.2) is 4.98 Å². The number of thiazole rings is 1. The van der Waals surface area contributed by atoms with Crippen LogP contribution >= 0.6 is 22.7 Å². The molecule has 110 valence electrons. The molecule has 0 unspecified atom stereocenters. The van der Waals surface area contributed by atoms with Crippen molar-refractivity contribution in [3.63, 3.8) is 0 Å². The molecule has 4 heteroatoms. The van der Waals surface area contributed by atoms with Gasteiger partial charge >= 0.3 is 0 Å². The summed E-state index contributed by atoms with van der Waals surface area (Å²) in [5, 5.41) is 4.66. The molecular formula is C17H20N2S2. The monoisotopic (exact) mass is 316 g/mol. The predicted molar refractivity (Wildman–Crippen MR) is 93.2 cm³/mol. The number of hydrogen-bond acceptors (Lipinski definition) is 4. The zero-order valence-electron chi connectivity index (χ0n) is 12.6. The first kappa shape index (κ1) is 14.7. The summed E-state index contributed by atoms with van der Waals surface area (Å²) in [5.41, 5.74) is 1.35. The molecule has 0 radical (unpaired) electrons. The van der Waals surface area contributed by atoms with E-state index in [0.29, 0.717) is 0 Å². The topological polar surface area (TPSA) is 24.9 Å². The molecule has 3 aromatic rings. The van der Waals surface area contributed by atoms with Crippen LogP contribution < -0.4 is 5.32 Å². The van der Waals surface area contributed by atoms with Gasteiger partial charge in [0.05, 0.1) is 10.2 Å². The molecule has 0 bridgehead atoms. The van der Waals surface area contributed by atoms with Crippen LogP contribution in [0.5, 0.6) is 0 Å². The standard InChI is InChI=1S/C17H20N2S2/c1-17(2,3)15-9-8-12(20-15)10-18-11-16-19-13-6-4-5-7-14(13)21-16/h4-9,18H,10-11H2,1-3H3. The van der Waals surface area contributed by atoms with Crippen LogP contribution in [-0.2, 0) is 18.5 Å². The number of benzene rings is 1. The van der Waals surface area contributed by atoms with Gasteiger partial charge < -0.3 is 5.32 Å². The van der Waals surface area contributed by atoms with Gasteiger partial charge in [-0.25, -0.2) is 4.98 Å². The molecule has 0 aliphatic heterocycles. The van der Waals surface area contributed by atoms with E-state index in [1.165, 1.54) is 14.5 Å². The maximum atomic E-state index is 4.65. The Balaban J connectivity index is 1.59. The molecule has 2 aromatic heterocycles. The third-order valence-corrected chi connectivity index (χ3v) is 5.86. The molecule has 2 nitrogen and oxygen atoms in total. The Kier molecular flexibility index (Phi) is 4.11. The summed E-state index contributed by atoms with van der Waals surface area (Å²) in [6, 6.07) is 12.8. The number of hydrogen-bond donors (Lipinski definition) is 1. The Morgan fingerprint density at radius 3 is 2.52 bits per heavy atom. The molecule has 1 aromatic carbocycles. The normalized spacial score (nSPS) is 12.1. The molecule has 2 heterocycles. The number of fused-ring (bicyclic) bond motifs is 1. The van der Waals surface area contributed by atoms with Gasteiger partial charge in [0.1, 0.15) is 5.01 Å². The zero-order valence-corrected chi connectivity index (χ0v) is 14.3. The van der Waals surface area contributed by atoms with E-state index in [-0.39, 0.29) is 5.41 Å². The largest absolute Gasteiger partial charge is 0.306 e. The summed E-state index contributed by atoms with van der Waals surface area (Å²) < 4.78 is 1.26. The summed E-state index contributed by atoms with van der Waals surface area (Å²) in [6.45, 7) is 8.53. The molecular weight excluding hydrogens is 296 g/mol. The lowest BCUT2D eigenvalue weighted by atomic mass is 9.95. The molecule has 0 aliphatic rings. The SMILES string of the molecule is CC(C)(C)c1ccc(CNCc2nc3ccccc3s2)s1. The minimum atomic E-state index is 0.246. The van der Waals surface area contributed by atoms with Gasteiger partial charge in [-0.2, -0.15) is 0 Å². The molecule has 0 saturated heterocycles. The highest BCUT2D eigenvalue weighted by Crippen LogP contribution is 2.29. The maximum Gasteiger partial charge on any atom is 0.108 e. The minimum absolute atomic E-state index is 0.246. The van der Waals surface area contributed by atoms with Gasteiger partial charge in [0.25, 0.3) is 0 Å². The quantitative estimate of drug-likeness (QED) is 0.737. The highest BCUT2D eigenvalue weighted by Gasteiger charge is 2.15. The first-order valence-electron chi connectivity index (χ1n) is 7.17. The Morgan fingerprint density at radius 1 is 1.00 bits per heavy atom. The van der Waals surface area contributed by atoms with Crippen LogP contribution in [0.25, 0.3) is 10.2 Å². The van der Waals surface area contributed by atoms with Gasteiger partial charge in [-0.15, -0.1) is 22.7 Å². The summed E-state index contributed by atoms with van der Waals surface area (Å²) in [6.07, 6.45) is 0. The maximum absolute atomic E-state index is 4.65. The molecule has 3 rings (SSSR count). The highest BCUT2D eigenvalue weighted by atomic mass is 32.1. The fourth-order valence-corrected chi connectivity index (χ4v) is 4.14. The summed E-state index contributed by atoms with van der Waals surface area (Å²) in [4.78, 5) is 7.48. The first-order chi connectivity index (χ1) is 10.0.